The number of halogens is 1. The molecule has 0 saturated carbocycles. The van der Waals surface area contributed by atoms with Crippen LogP contribution in [0, 0.1) is 5.92 Å². The van der Waals surface area contributed by atoms with Crippen molar-refractivity contribution in [2.75, 3.05) is 27.7 Å². The Morgan fingerprint density at radius 3 is 2.28 bits per heavy atom. The lowest BCUT2D eigenvalue weighted by molar-refractivity contribution is -0.917. The fourth-order valence-electron chi connectivity index (χ4n) is 4.98. The molecule has 4 atom stereocenters. The van der Waals surface area contributed by atoms with Crippen LogP contribution in [0.25, 0.3) is 0 Å². The largest absolute Gasteiger partial charge is 1.00 e. The molecule has 3 saturated heterocycles. The van der Waals surface area contributed by atoms with Gasteiger partial charge < -0.3 is 28.5 Å². The van der Waals surface area contributed by atoms with Crippen molar-refractivity contribution in [2.24, 2.45) is 5.92 Å². The SMILES string of the molecule is CN1C2CCCCC1C1CCC2CC[N+]1(C)C.[I-]. The summed E-state index contributed by atoms with van der Waals surface area (Å²) in [4.78, 5) is 2.80. The molecule has 3 fully saturated rings. The highest BCUT2D eigenvalue weighted by atomic mass is 127. The second kappa shape index (κ2) is 5.57. The van der Waals surface area contributed by atoms with Crippen molar-refractivity contribution in [2.45, 2.75) is 63.1 Å². The van der Waals surface area contributed by atoms with Gasteiger partial charge in [-0.1, -0.05) is 12.8 Å². The molecule has 0 spiro atoms. The lowest BCUT2D eigenvalue weighted by Gasteiger charge is -2.47. The maximum atomic E-state index is 2.80. The fourth-order valence-corrected chi connectivity index (χ4v) is 4.98. The van der Waals surface area contributed by atoms with Crippen LogP contribution in [0.2, 0.25) is 0 Å². The molecule has 0 aromatic carbocycles. The van der Waals surface area contributed by atoms with Crippen molar-refractivity contribution in [3.8, 4) is 0 Å². The number of quaternary nitrogens is 1. The van der Waals surface area contributed by atoms with Crippen molar-refractivity contribution in [3.63, 3.8) is 0 Å². The molecule has 3 aliphatic rings. The molecule has 0 aromatic rings. The highest BCUT2D eigenvalue weighted by molar-refractivity contribution is 4.94. The van der Waals surface area contributed by atoms with E-state index in [1.807, 2.05) is 0 Å². The molecule has 4 unspecified atom stereocenters. The first-order valence-corrected chi connectivity index (χ1v) is 7.64. The smallest absolute Gasteiger partial charge is 0.104 e. The summed E-state index contributed by atoms with van der Waals surface area (Å²) >= 11 is 0. The Kier molecular flexibility index (Phi) is 4.65. The van der Waals surface area contributed by atoms with E-state index in [2.05, 4.69) is 26.0 Å². The van der Waals surface area contributed by atoms with E-state index in [1.54, 1.807) is 0 Å². The zero-order valence-corrected chi connectivity index (χ0v) is 14.4. The number of rotatable bonds is 0. The van der Waals surface area contributed by atoms with E-state index in [-0.39, 0.29) is 24.0 Å². The molecule has 0 amide bonds. The summed E-state index contributed by atoms with van der Waals surface area (Å²) in [5.74, 6) is 0.991. The predicted molar refractivity (Wildman–Crippen MR) is 71.9 cm³/mol. The number of likely N-dealkylation sites (N-methyl/N-ethyl adjacent to an activating group) is 2. The van der Waals surface area contributed by atoms with E-state index in [1.165, 1.54) is 56.0 Å². The van der Waals surface area contributed by atoms with Crippen LogP contribution in [0.15, 0.2) is 0 Å². The van der Waals surface area contributed by atoms with Gasteiger partial charge in [-0.15, -0.1) is 0 Å². The number of fused-ring (bicyclic) bond motifs is 7. The molecule has 3 heterocycles. The van der Waals surface area contributed by atoms with Gasteiger partial charge >= 0.3 is 0 Å². The zero-order valence-electron chi connectivity index (χ0n) is 12.2. The van der Waals surface area contributed by atoms with Crippen LogP contribution in [-0.4, -0.2) is 55.2 Å². The predicted octanol–water partition coefficient (Wildman–Crippen LogP) is -0.508. The molecule has 0 N–H and O–H groups in total. The van der Waals surface area contributed by atoms with Gasteiger partial charge in [-0.25, -0.2) is 0 Å². The number of hydrogen-bond acceptors (Lipinski definition) is 1. The average Bonchev–Trinajstić information content (AvgIpc) is 2.62. The third-order valence-electron chi connectivity index (χ3n) is 6.09. The second-order valence-corrected chi connectivity index (χ2v) is 7.28. The lowest BCUT2D eigenvalue weighted by Crippen LogP contribution is -3.00. The van der Waals surface area contributed by atoms with Crippen molar-refractivity contribution in [3.05, 3.63) is 0 Å². The zero-order chi connectivity index (χ0) is 12.0. The molecule has 106 valence electrons. The van der Waals surface area contributed by atoms with Crippen LogP contribution in [0.4, 0.5) is 0 Å². The van der Waals surface area contributed by atoms with Gasteiger partial charge in [-0.2, -0.15) is 0 Å². The number of likely N-dealkylation sites (tertiary alicyclic amines) is 1. The monoisotopic (exact) mass is 364 g/mol. The molecular formula is C15H29IN2. The van der Waals surface area contributed by atoms with Crippen LogP contribution in [0.3, 0.4) is 0 Å². The molecule has 2 nitrogen and oxygen atoms in total. The van der Waals surface area contributed by atoms with Crippen LogP contribution >= 0.6 is 0 Å². The van der Waals surface area contributed by atoms with Crippen LogP contribution in [0.1, 0.15) is 44.9 Å². The van der Waals surface area contributed by atoms with Gasteiger partial charge in [0.15, 0.2) is 0 Å². The van der Waals surface area contributed by atoms with E-state index in [0.717, 1.165) is 24.0 Å². The van der Waals surface area contributed by atoms with Gasteiger partial charge in [0.1, 0.15) is 6.04 Å². The van der Waals surface area contributed by atoms with Gasteiger partial charge in [0.05, 0.1) is 26.7 Å². The highest BCUT2D eigenvalue weighted by Crippen LogP contribution is 2.41. The van der Waals surface area contributed by atoms with E-state index >= 15 is 0 Å². The molecule has 4 bridgehead atoms. The van der Waals surface area contributed by atoms with E-state index in [0.29, 0.717) is 0 Å². The molecule has 0 aromatic heterocycles. The molecule has 0 aliphatic carbocycles. The fraction of sp³-hybridized carbons (Fsp3) is 1.00. The summed E-state index contributed by atoms with van der Waals surface area (Å²) in [5, 5.41) is 0. The maximum Gasteiger partial charge on any atom is 0.104 e. The average molecular weight is 364 g/mol. The highest BCUT2D eigenvalue weighted by Gasteiger charge is 2.47. The first-order valence-electron chi connectivity index (χ1n) is 7.64. The van der Waals surface area contributed by atoms with Gasteiger partial charge in [-0.05, 0) is 32.2 Å². The van der Waals surface area contributed by atoms with E-state index in [4.69, 9.17) is 0 Å². The minimum Gasteiger partial charge on any atom is -1.00 e. The molecule has 3 heteroatoms. The number of nitrogens with zero attached hydrogens (tertiary/aromatic N) is 2. The van der Waals surface area contributed by atoms with Crippen molar-refractivity contribution < 1.29 is 28.5 Å². The van der Waals surface area contributed by atoms with Crippen molar-refractivity contribution in [1.82, 2.24) is 4.90 Å². The first kappa shape index (κ1) is 15.0. The summed E-state index contributed by atoms with van der Waals surface area (Å²) in [5.41, 5.74) is 0. The molecular weight excluding hydrogens is 335 g/mol. The van der Waals surface area contributed by atoms with Crippen LogP contribution in [-0.2, 0) is 0 Å². The van der Waals surface area contributed by atoms with Crippen molar-refractivity contribution in [1.29, 1.82) is 0 Å². The Bertz CT molecular complexity index is 292. The first-order chi connectivity index (χ1) is 8.09. The number of hydrogen-bond donors (Lipinski definition) is 0. The molecule has 0 radical (unpaired) electrons. The second-order valence-electron chi connectivity index (χ2n) is 7.28. The third kappa shape index (κ3) is 2.47. The standard InChI is InChI=1S/C15H29N2.HI/c1-16-13-6-4-5-7-14(16)15-9-8-12(13)10-11-17(15,2)3;/h12-15H,4-11H2,1-3H3;1H/q+1;/p-1. The van der Waals surface area contributed by atoms with E-state index < -0.39 is 0 Å². The van der Waals surface area contributed by atoms with Crippen LogP contribution in [0.5, 0.6) is 0 Å². The quantitative estimate of drug-likeness (QED) is 0.414. The Labute approximate surface area is 130 Å². The normalized spacial score (nSPS) is 43.5. The molecule has 18 heavy (non-hydrogen) atoms. The molecule has 3 aliphatic heterocycles. The van der Waals surface area contributed by atoms with Gasteiger partial charge in [-0.3, -0.25) is 4.90 Å². The van der Waals surface area contributed by atoms with E-state index in [9.17, 15) is 0 Å². The summed E-state index contributed by atoms with van der Waals surface area (Å²) in [6.45, 7) is 1.41. The minimum absolute atomic E-state index is 0. The summed E-state index contributed by atoms with van der Waals surface area (Å²) in [6.07, 6.45) is 10.3. The Hall–Kier alpha value is 0.650. The van der Waals surface area contributed by atoms with Gasteiger partial charge in [0.2, 0.25) is 0 Å². The lowest BCUT2D eigenvalue weighted by atomic mass is 9.89. The topological polar surface area (TPSA) is 3.24 Å². The summed E-state index contributed by atoms with van der Waals surface area (Å²) in [6, 6.07) is 2.67. The van der Waals surface area contributed by atoms with Gasteiger partial charge in [0, 0.05) is 18.9 Å². The Morgan fingerprint density at radius 1 is 0.889 bits per heavy atom. The van der Waals surface area contributed by atoms with Crippen molar-refractivity contribution >= 4 is 0 Å². The summed E-state index contributed by atoms with van der Waals surface area (Å²) in [7, 11) is 7.38. The Morgan fingerprint density at radius 2 is 1.56 bits per heavy atom. The van der Waals surface area contributed by atoms with Gasteiger partial charge in [0.25, 0.3) is 0 Å². The van der Waals surface area contributed by atoms with Crippen LogP contribution < -0.4 is 24.0 Å². The maximum absolute atomic E-state index is 2.80. The summed E-state index contributed by atoms with van der Waals surface area (Å²) < 4.78 is 1.28. The third-order valence-corrected chi connectivity index (χ3v) is 6.09. The Balaban J connectivity index is 0.00000120. The molecule has 3 rings (SSSR count). The minimum atomic E-state index is 0.